The van der Waals surface area contributed by atoms with Crippen LogP contribution in [-0.4, -0.2) is 44.2 Å². The van der Waals surface area contributed by atoms with Crippen molar-refractivity contribution in [1.82, 2.24) is 10.3 Å². The molecule has 1 aromatic rings. The molecule has 0 saturated carbocycles. The Hall–Kier alpha value is -1.34. The molecule has 1 fully saturated rings. The smallest absolute Gasteiger partial charge is 0.265 e. The van der Waals surface area contributed by atoms with E-state index in [0.29, 0.717) is 11.5 Å². The molecule has 1 aliphatic rings. The summed E-state index contributed by atoms with van der Waals surface area (Å²) >= 11 is 1.30. The predicted molar refractivity (Wildman–Crippen MR) is 72.2 cm³/mol. The van der Waals surface area contributed by atoms with Gasteiger partial charge in [-0.25, -0.2) is 4.98 Å². The lowest BCUT2D eigenvalue weighted by Gasteiger charge is -2.22. The van der Waals surface area contributed by atoms with Gasteiger partial charge in [0.15, 0.2) is 5.13 Å². The molecule has 2 rings (SSSR count). The zero-order valence-electron chi connectivity index (χ0n) is 10.6. The van der Waals surface area contributed by atoms with E-state index in [9.17, 15) is 4.79 Å². The molecule has 6 nitrogen and oxygen atoms in total. The van der Waals surface area contributed by atoms with Gasteiger partial charge in [-0.05, 0) is 12.8 Å². The molecular formula is C11H18N4O2S. The molecule has 0 aliphatic carbocycles. The molecule has 3 N–H and O–H groups in total. The lowest BCUT2D eigenvalue weighted by molar-refractivity contribution is 0.0626. The second-order valence-corrected chi connectivity index (χ2v) is 5.47. The van der Waals surface area contributed by atoms with E-state index >= 15 is 0 Å². The second-order valence-electron chi connectivity index (χ2n) is 4.49. The summed E-state index contributed by atoms with van der Waals surface area (Å²) in [5.41, 5.74) is 5.77. The Bertz CT molecular complexity index is 427. The summed E-state index contributed by atoms with van der Waals surface area (Å²) in [4.78, 5) is 18.5. The number of nitrogens with zero attached hydrogens (tertiary/aromatic N) is 2. The van der Waals surface area contributed by atoms with Crippen LogP contribution in [-0.2, 0) is 4.74 Å². The van der Waals surface area contributed by atoms with Crippen molar-refractivity contribution in [3.05, 3.63) is 4.88 Å². The Kier molecular flexibility index (Phi) is 4.03. The van der Waals surface area contributed by atoms with Crippen molar-refractivity contribution in [1.29, 1.82) is 0 Å². The quantitative estimate of drug-likeness (QED) is 0.845. The highest BCUT2D eigenvalue weighted by molar-refractivity contribution is 7.18. The van der Waals surface area contributed by atoms with Gasteiger partial charge in [-0.2, -0.15) is 0 Å². The number of amides is 1. The number of nitrogens with two attached hydrogens (primary N) is 1. The van der Waals surface area contributed by atoms with Gasteiger partial charge in [0.1, 0.15) is 10.7 Å². The van der Waals surface area contributed by atoms with E-state index in [1.165, 1.54) is 11.3 Å². The fourth-order valence-electron chi connectivity index (χ4n) is 1.78. The van der Waals surface area contributed by atoms with Crippen molar-refractivity contribution in [2.75, 3.05) is 37.9 Å². The predicted octanol–water partition coefficient (Wildman–Crippen LogP) is 0.700. The summed E-state index contributed by atoms with van der Waals surface area (Å²) < 4.78 is 5.33. The minimum absolute atomic E-state index is 0.0792. The summed E-state index contributed by atoms with van der Waals surface area (Å²) in [6, 6.07) is 0.0792. The third kappa shape index (κ3) is 2.91. The van der Waals surface area contributed by atoms with Crippen LogP contribution in [0, 0.1) is 0 Å². The molecule has 1 saturated heterocycles. The number of anilines is 2. The fraction of sp³-hybridized carbons (Fsp3) is 0.636. The molecule has 2 heterocycles. The highest BCUT2D eigenvalue weighted by Gasteiger charge is 2.21. The zero-order valence-corrected chi connectivity index (χ0v) is 11.4. The van der Waals surface area contributed by atoms with Gasteiger partial charge in [0.25, 0.3) is 5.91 Å². The van der Waals surface area contributed by atoms with Gasteiger partial charge < -0.3 is 20.7 Å². The largest absolute Gasteiger partial charge is 0.382 e. The number of nitrogens with one attached hydrogen (secondary N) is 1. The summed E-state index contributed by atoms with van der Waals surface area (Å²) in [5, 5.41) is 3.67. The summed E-state index contributed by atoms with van der Waals surface area (Å²) in [5.74, 6) is 0.131. The van der Waals surface area contributed by atoms with Crippen LogP contribution in [0.15, 0.2) is 0 Å². The van der Waals surface area contributed by atoms with Gasteiger partial charge in [0.2, 0.25) is 0 Å². The fourth-order valence-corrected chi connectivity index (χ4v) is 2.59. The number of hydrogen-bond donors (Lipinski definition) is 2. The first kappa shape index (κ1) is 13.1. The second kappa shape index (κ2) is 5.53. The third-order valence-electron chi connectivity index (χ3n) is 2.73. The van der Waals surface area contributed by atoms with Crippen LogP contribution in [0.3, 0.4) is 0 Å². The van der Waals surface area contributed by atoms with Crippen molar-refractivity contribution in [3.63, 3.8) is 0 Å². The topological polar surface area (TPSA) is 80.5 Å². The summed E-state index contributed by atoms with van der Waals surface area (Å²) in [6.07, 6.45) is 1.93. The lowest BCUT2D eigenvalue weighted by atomic mass is 10.1. The van der Waals surface area contributed by atoms with Gasteiger partial charge >= 0.3 is 0 Å². The van der Waals surface area contributed by atoms with Crippen LogP contribution in [0.5, 0.6) is 0 Å². The minimum Gasteiger partial charge on any atom is -0.382 e. The first-order chi connectivity index (χ1) is 8.58. The SMILES string of the molecule is CN(C)c1nc(N)c(C(=O)NC2CCCOC2)s1. The Morgan fingerprint density at radius 1 is 1.61 bits per heavy atom. The summed E-state index contributed by atoms with van der Waals surface area (Å²) in [7, 11) is 3.74. The number of ether oxygens (including phenoxy) is 1. The lowest BCUT2D eigenvalue weighted by Crippen LogP contribution is -2.40. The van der Waals surface area contributed by atoms with Gasteiger partial charge in [0.05, 0.1) is 12.6 Å². The van der Waals surface area contributed by atoms with E-state index in [4.69, 9.17) is 10.5 Å². The van der Waals surface area contributed by atoms with Crippen LogP contribution in [0.2, 0.25) is 0 Å². The number of thiazole rings is 1. The Labute approximate surface area is 110 Å². The Morgan fingerprint density at radius 2 is 2.39 bits per heavy atom. The Morgan fingerprint density at radius 3 is 2.94 bits per heavy atom. The van der Waals surface area contributed by atoms with E-state index in [1.807, 2.05) is 19.0 Å². The van der Waals surface area contributed by atoms with Crippen LogP contribution >= 0.6 is 11.3 Å². The number of carbonyl (C=O) groups excluding carboxylic acids is 1. The van der Waals surface area contributed by atoms with Gasteiger partial charge in [-0.1, -0.05) is 11.3 Å². The standard InChI is InChI=1S/C11H18N4O2S/c1-15(2)11-14-9(12)8(18-11)10(16)13-7-4-3-5-17-6-7/h7H,3-6,12H2,1-2H3,(H,13,16). The molecule has 1 aliphatic heterocycles. The highest BCUT2D eigenvalue weighted by atomic mass is 32.1. The van der Waals surface area contributed by atoms with Gasteiger partial charge in [0, 0.05) is 20.7 Å². The molecule has 0 spiro atoms. The maximum absolute atomic E-state index is 12.1. The van der Waals surface area contributed by atoms with Crippen molar-refractivity contribution >= 4 is 28.2 Å². The van der Waals surface area contributed by atoms with E-state index in [1.54, 1.807) is 0 Å². The normalized spacial score (nSPS) is 19.6. The number of aromatic nitrogens is 1. The van der Waals surface area contributed by atoms with E-state index in [-0.39, 0.29) is 17.8 Å². The highest BCUT2D eigenvalue weighted by Crippen LogP contribution is 2.26. The van der Waals surface area contributed by atoms with Crippen LogP contribution in [0.4, 0.5) is 10.9 Å². The summed E-state index contributed by atoms with van der Waals surface area (Å²) in [6.45, 7) is 1.35. The maximum Gasteiger partial charge on any atom is 0.265 e. The van der Waals surface area contributed by atoms with Crippen molar-refractivity contribution < 1.29 is 9.53 Å². The van der Waals surface area contributed by atoms with Gasteiger partial charge in [-0.15, -0.1) is 0 Å². The molecule has 18 heavy (non-hydrogen) atoms. The number of hydrogen-bond acceptors (Lipinski definition) is 6. The van der Waals surface area contributed by atoms with Crippen LogP contribution in [0.25, 0.3) is 0 Å². The van der Waals surface area contributed by atoms with E-state index in [0.717, 1.165) is 24.6 Å². The molecule has 7 heteroatoms. The average molecular weight is 270 g/mol. The molecule has 0 bridgehead atoms. The number of rotatable bonds is 3. The third-order valence-corrected chi connectivity index (χ3v) is 3.96. The van der Waals surface area contributed by atoms with Crippen LogP contribution in [0.1, 0.15) is 22.5 Å². The van der Waals surface area contributed by atoms with E-state index < -0.39 is 0 Å². The maximum atomic E-state index is 12.1. The minimum atomic E-state index is -0.159. The van der Waals surface area contributed by atoms with Crippen molar-refractivity contribution in [2.45, 2.75) is 18.9 Å². The molecule has 100 valence electrons. The molecule has 0 radical (unpaired) electrons. The molecule has 1 unspecified atom stereocenters. The number of carbonyl (C=O) groups is 1. The average Bonchev–Trinajstić information content (AvgIpc) is 2.73. The first-order valence-electron chi connectivity index (χ1n) is 5.90. The van der Waals surface area contributed by atoms with E-state index in [2.05, 4.69) is 10.3 Å². The Balaban J connectivity index is 2.03. The first-order valence-corrected chi connectivity index (χ1v) is 6.72. The molecular weight excluding hydrogens is 252 g/mol. The monoisotopic (exact) mass is 270 g/mol. The molecule has 1 atom stereocenters. The zero-order chi connectivity index (χ0) is 13.1. The molecule has 1 amide bonds. The molecule has 0 aromatic carbocycles. The number of nitrogen functional groups attached to an aromatic ring is 1. The van der Waals surface area contributed by atoms with Crippen molar-refractivity contribution in [3.8, 4) is 0 Å². The van der Waals surface area contributed by atoms with Gasteiger partial charge in [-0.3, -0.25) is 4.79 Å². The van der Waals surface area contributed by atoms with Crippen molar-refractivity contribution in [2.24, 2.45) is 0 Å². The molecule has 1 aromatic heterocycles. The van der Waals surface area contributed by atoms with Crippen LogP contribution < -0.4 is 16.0 Å².